The molecule has 0 spiro atoms. The van der Waals surface area contributed by atoms with E-state index < -0.39 is 0 Å². The predicted octanol–water partition coefficient (Wildman–Crippen LogP) is 9.25. The average Bonchev–Trinajstić information content (AvgIpc) is 2.93. The van der Waals surface area contributed by atoms with Crippen molar-refractivity contribution in [2.75, 3.05) is 20.3 Å². The summed E-state index contributed by atoms with van der Waals surface area (Å²) in [4.78, 5) is 11.7. The van der Waals surface area contributed by atoms with Crippen LogP contribution in [-0.2, 0) is 27.1 Å². The minimum atomic E-state index is -0.296. The summed E-state index contributed by atoms with van der Waals surface area (Å²) in [6, 6.07) is 14.2. The highest BCUT2D eigenvalue weighted by Gasteiger charge is 2.21. The highest BCUT2D eigenvalue weighted by Crippen LogP contribution is 2.34. The highest BCUT2D eigenvalue weighted by molar-refractivity contribution is 5.87. The minimum Gasteiger partial charge on any atom is -0.462 e. The number of ether oxygens (including phenoxy) is 2. The SMILES string of the molecule is C=C(C)C(=O)OCC(CCCCC1CCC(CCc2ccc3cc(CCCCC)ccc3c2)CC1)COC. The van der Waals surface area contributed by atoms with Crippen LogP contribution >= 0.6 is 0 Å². The number of hydrogen-bond donors (Lipinski definition) is 0. The van der Waals surface area contributed by atoms with Gasteiger partial charge in [0.2, 0.25) is 0 Å². The monoisotopic (exact) mass is 520 g/mol. The standard InChI is InChI=1S/C35H52O3/c1-5-6-7-11-30-19-21-34-24-31(20-22-33(34)23-30)18-17-29-15-13-28(14-16-29)10-8-9-12-32(25-37-4)26-38-35(36)27(2)3/h19-24,28-29,32H,2,5-18,25-26H2,1,3-4H3. The molecule has 0 aromatic heterocycles. The molecule has 0 saturated heterocycles. The van der Waals surface area contributed by atoms with E-state index in [1.807, 2.05) is 0 Å². The zero-order valence-electron chi connectivity index (χ0n) is 24.4. The molecular weight excluding hydrogens is 468 g/mol. The van der Waals surface area contributed by atoms with Crippen molar-refractivity contribution in [3.63, 3.8) is 0 Å². The van der Waals surface area contributed by atoms with E-state index in [-0.39, 0.29) is 11.9 Å². The van der Waals surface area contributed by atoms with Gasteiger partial charge in [0.1, 0.15) is 0 Å². The van der Waals surface area contributed by atoms with Crippen molar-refractivity contribution >= 4 is 16.7 Å². The van der Waals surface area contributed by atoms with Gasteiger partial charge in [0.05, 0.1) is 13.2 Å². The lowest BCUT2D eigenvalue weighted by Gasteiger charge is -2.28. The summed E-state index contributed by atoms with van der Waals surface area (Å²) in [6.45, 7) is 8.69. The fourth-order valence-corrected chi connectivity index (χ4v) is 6.05. The van der Waals surface area contributed by atoms with Crippen LogP contribution in [0.1, 0.15) is 102 Å². The van der Waals surface area contributed by atoms with Gasteiger partial charge in [-0.2, -0.15) is 0 Å². The lowest BCUT2D eigenvalue weighted by atomic mass is 9.77. The Hall–Kier alpha value is -2.13. The molecule has 0 bridgehead atoms. The molecule has 1 atom stereocenters. The third-order valence-corrected chi connectivity index (χ3v) is 8.52. The molecule has 0 heterocycles. The third-order valence-electron chi connectivity index (χ3n) is 8.52. The Bertz CT molecular complexity index is 986. The summed E-state index contributed by atoms with van der Waals surface area (Å²) in [5.74, 6) is 1.76. The van der Waals surface area contributed by atoms with Crippen LogP contribution in [-0.4, -0.2) is 26.3 Å². The first-order valence-corrected chi connectivity index (χ1v) is 15.3. The summed E-state index contributed by atoms with van der Waals surface area (Å²) >= 11 is 0. The fourth-order valence-electron chi connectivity index (χ4n) is 6.05. The number of carbonyl (C=O) groups excluding carboxylic acids is 1. The Labute approximate surface area is 232 Å². The first-order chi connectivity index (χ1) is 18.5. The normalized spacial score (nSPS) is 18.4. The van der Waals surface area contributed by atoms with E-state index in [0.717, 1.165) is 18.3 Å². The van der Waals surface area contributed by atoms with Crippen molar-refractivity contribution < 1.29 is 14.3 Å². The summed E-state index contributed by atoms with van der Waals surface area (Å²) in [7, 11) is 1.72. The minimum absolute atomic E-state index is 0.280. The average molecular weight is 521 g/mol. The summed E-state index contributed by atoms with van der Waals surface area (Å²) in [5, 5.41) is 2.79. The van der Waals surface area contributed by atoms with E-state index in [2.05, 4.69) is 49.9 Å². The maximum absolute atomic E-state index is 11.7. The van der Waals surface area contributed by atoms with Gasteiger partial charge in [-0.15, -0.1) is 0 Å². The maximum Gasteiger partial charge on any atom is 0.333 e. The van der Waals surface area contributed by atoms with E-state index in [4.69, 9.17) is 9.47 Å². The molecule has 0 amide bonds. The van der Waals surface area contributed by atoms with Crippen LogP contribution in [0.4, 0.5) is 0 Å². The van der Waals surface area contributed by atoms with Gasteiger partial charge in [0.25, 0.3) is 0 Å². The number of carbonyl (C=O) groups is 1. The highest BCUT2D eigenvalue weighted by atomic mass is 16.5. The molecule has 38 heavy (non-hydrogen) atoms. The van der Waals surface area contributed by atoms with Crippen LogP contribution in [0.15, 0.2) is 48.6 Å². The molecule has 1 aliphatic carbocycles. The van der Waals surface area contributed by atoms with E-state index in [1.54, 1.807) is 14.0 Å². The van der Waals surface area contributed by atoms with E-state index >= 15 is 0 Å². The van der Waals surface area contributed by atoms with Crippen molar-refractivity contribution in [2.24, 2.45) is 17.8 Å². The number of unbranched alkanes of at least 4 members (excludes halogenated alkanes) is 3. The number of methoxy groups -OCH3 is 1. The Morgan fingerprint density at radius 3 is 2.11 bits per heavy atom. The quantitative estimate of drug-likeness (QED) is 0.118. The second-order valence-electron chi connectivity index (χ2n) is 11.9. The topological polar surface area (TPSA) is 35.5 Å². The molecule has 3 heteroatoms. The Kier molecular flexibility index (Phi) is 13.4. The molecule has 1 fully saturated rings. The number of fused-ring (bicyclic) bond motifs is 1. The predicted molar refractivity (Wildman–Crippen MR) is 161 cm³/mol. The molecule has 0 N–H and O–H groups in total. The van der Waals surface area contributed by atoms with Gasteiger partial charge in [-0.3, -0.25) is 0 Å². The second kappa shape index (κ2) is 16.7. The number of benzene rings is 2. The molecular formula is C35H52O3. The van der Waals surface area contributed by atoms with Gasteiger partial charge in [-0.1, -0.05) is 108 Å². The zero-order chi connectivity index (χ0) is 27.2. The first-order valence-electron chi connectivity index (χ1n) is 15.3. The summed E-state index contributed by atoms with van der Waals surface area (Å²) in [6.07, 6.45) is 18.0. The van der Waals surface area contributed by atoms with Gasteiger partial charge in [-0.05, 0) is 72.8 Å². The molecule has 2 aromatic rings. The number of rotatable bonds is 17. The van der Waals surface area contributed by atoms with Gasteiger partial charge in [0, 0.05) is 18.6 Å². The van der Waals surface area contributed by atoms with Crippen molar-refractivity contribution in [3.8, 4) is 0 Å². The maximum atomic E-state index is 11.7. The van der Waals surface area contributed by atoms with Crippen molar-refractivity contribution in [1.82, 2.24) is 0 Å². The van der Waals surface area contributed by atoms with E-state index in [1.165, 1.54) is 105 Å². The van der Waals surface area contributed by atoms with Crippen LogP contribution in [0.25, 0.3) is 10.8 Å². The molecule has 0 aliphatic heterocycles. The Morgan fingerprint density at radius 1 is 0.868 bits per heavy atom. The molecule has 1 unspecified atom stereocenters. The van der Waals surface area contributed by atoms with Gasteiger partial charge < -0.3 is 9.47 Å². The largest absolute Gasteiger partial charge is 0.462 e. The second-order valence-corrected chi connectivity index (χ2v) is 11.9. The van der Waals surface area contributed by atoms with Crippen molar-refractivity contribution in [2.45, 2.75) is 104 Å². The molecule has 2 aromatic carbocycles. The molecule has 0 radical (unpaired) electrons. The van der Waals surface area contributed by atoms with E-state index in [0.29, 0.717) is 18.8 Å². The van der Waals surface area contributed by atoms with Crippen LogP contribution in [0.2, 0.25) is 0 Å². The van der Waals surface area contributed by atoms with E-state index in [9.17, 15) is 4.79 Å². The fraction of sp³-hybridized carbons (Fsp3) is 0.629. The molecule has 1 saturated carbocycles. The van der Waals surface area contributed by atoms with Crippen LogP contribution in [0.5, 0.6) is 0 Å². The van der Waals surface area contributed by atoms with Crippen LogP contribution in [0.3, 0.4) is 0 Å². The molecule has 1 aliphatic rings. The van der Waals surface area contributed by atoms with Gasteiger partial charge in [-0.25, -0.2) is 4.79 Å². The third kappa shape index (κ3) is 10.6. The van der Waals surface area contributed by atoms with Crippen molar-refractivity contribution in [1.29, 1.82) is 0 Å². The molecule has 3 nitrogen and oxygen atoms in total. The number of aryl methyl sites for hydroxylation is 2. The summed E-state index contributed by atoms with van der Waals surface area (Å²) in [5.41, 5.74) is 3.44. The first kappa shape index (κ1) is 30.4. The van der Waals surface area contributed by atoms with Gasteiger partial charge >= 0.3 is 5.97 Å². The number of esters is 1. The number of hydrogen-bond acceptors (Lipinski definition) is 3. The Balaban J connectivity index is 1.32. The summed E-state index contributed by atoms with van der Waals surface area (Å²) < 4.78 is 10.7. The lowest BCUT2D eigenvalue weighted by Crippen LogP contribution is -2.19. The van der Waals surface area contributed by atoms with Crippen LogP contribution < -0.4 is 0 Å². The Morgan fingerprint density at radius 2 is 1.50 bits per heavy atom. The molecule has 210 valence electrons. The zero-order valence-corrected chi connectivity index (χ0v) is 24.4. The van der Waals surface area contributed by atoms with Crippen molar-refractivity contribution in [3.05, 3.63) is 59.7 Å². The smallest absolute Gasteiger partial charge is 0.333 e. The van der Waals surface area contributed by atoms with Crippen LogP contribution in [0, 0.1) is 17.8 Å². The van der Waals surface area contributed by atoms with Gasteiger partial charge in [0.15, 0.2) is 0 Å². The lowest BCUT2D eigenvalue weighted by molar-refractivity contribution is -0.140. The molecule has 3 rings (SSSR count).